The van der Waals surface area contributed by atoms with Gasteiger partial charge in [0.25, 0.3) is 0 Å². The van der Waals surface area contributed by atoms with Gasteiger partial charge in [0.05, 0.1) is 20.8 Å². The lowest BCUT2D eigenvalue weighted by Gasteiger charge is -2.17. The van der Waals surface area contributed by atoms with E-state index < -0.39 is 42.6 Å². The van der Waals surface area contributed by atoms with Crippen LogP contribution in [0.5, 0.6) is 0 Å². The molecule has 28 heavy (non-hydrogen) atoms. The van der Waals surface area contributed by atoms with Gasteiger partial charge in [0.2, 0.25) is 5.91 Å². The lowest BCUT2D eigenvalue weighted by atomic mass is 10.1. The van der Waals surface area contributed by atoms with Crippen molar-refractivity contribution in [2.45, 2.75) is 31.5 Å². The van der Waals surface area contributed by atoms with Crippen LogP contribution in [-0.4, -0.2) is 62.0 Å². The number of nitrogens with one attached hydrogen (secondary N) is 2. The number of methoxy groups -OCH3 is 2. The lowest BCUT2D eigenvalue weighted by molar-refractivity contribution is -0.146. The van der Waals surface area contributed by atoms with E-state index in [0.717, 1.165) is 19.8 Å². The van der Waals surface area contributed by atoms with E-state index in [1.54, 1.807) is 24.3 Å². The maximum Gasteiger partial charge on any atom is 0.408 e. The summed E-state index contributed by atoms with van der Waals surface area (Å²) in [6.07, 6.45) is -1.16. The number of carbonyl (C=O) groups excluding carboxylic acids is 4. The molecule has 1 aromatic carbocycles. The van der Waals surface area contributed by atoms with E-state index in [0.29, 0.717) is 0 Å². The fourth-order valence-electron chi connectivity index (χ4n) is 2.16. The normalized spacial score (nSPS) is 12.2. The molecule has 2 amide bonds. The van der Waals surface area contributed by atoms with Crippen LogP contribution in [-0.2, 0) is 35.2 Å². The molecule has 154 valence electrons. The molecule has 0 heterocycles. The highest BCUT2D eigenvalue weighted by Gasteiger charge is 2.25. The quantitative estimate of drug-likeness (QED) is 0.367. The van der Waals surface area contributed by atoms with Crippen LogP contribution in [0.4, 0.5) is 4.79 Å². The monoisotopic (exact) mass is 396 g/mol. The Morgan fingerprint density at radius 1 is 0.964 bits per heavy atom. The molecule has 0 radical (unpaired) electrons. The molecule has 0 aromatic heterocycles. The third-order valence-electron chi connectivity index (χ3n) is 3.65. The van der Waals surface area contributed by atoms with Gasteiger partial charge in [-0.15, -0.1) is 0 Å². The van der Waals surface area contributed by atoms with Gasteiger partial charge in [0, 0.05) is 6.42 Å². The maximum absolute atomic E-state index is 11.9. The highest BCUT2D eigenvalue weighted by Crippen LogP contribution is 2.04. The van der Waals surface area contributed by atoms with Crippen molar-refractivity contribution < 1.29 is 38.5 Å². The Kier molecular flexibility index (Phi) is 10.0. The zero-order valence-electron chi connectivity index (χ0n) is 15.7. The predicted octanol–water partition coefficient (Wildman–Crippen LogP) is -0.115. The second-order valence-corrected chi connectivity index (χ2v) is 5.65. The van der Waals surface area contributed by atoms with Crippen LogP contribution in [0.1, 0.15) is 18.4 Å². The zero-order chi connectivity index (χ0) is 20.9. The van der Waals surface area contributed by atoms with Crippen LogP contribution < -0.4 is 10.6 Å². The Hall–Kier alpha value is -3.14. The van der Waals surface area contributed by atoms with Crippen molar-refractivity contribution in [1.29, 1.82) is 0 Å². The molecular weight excluding hydrogens is 372 g/mol. The van der Waals surface area contributed by atoms with Crippen molar-refractivity contribution in [3.05, 3.63) is 35.9 Å². The molecule has 3 N–H and O–H groups in total. The Morgan fingerprint density at radius 3 is 2.14 bits per heavy atom. The number of amides is 2. The van der Waals surface area contributed by atoms with Gasteiger partial charge in [-0.25, -0.2) is 14.4 Å². The van der Waals surface area contributed by atoms with Gasteiger partial charge in [-0.2, -0.15) is 0 Å². The highest BCUT2D eigenvalue weighted by molar-refractivity contribution is 5.85. The summed E-state index contributed by atoms with van der Waals surface area (Å²) in [6, 6.07) is 6.62. The molecule has 1 rings (SSSR count). The number of hydrogen-bond acceptors (Lipinski definition) is 8. The lowest BCUT2D eigenvalue weighted by Crippen LogP contribution is -2.46. The highest BCUT2D eigenvalue weighted by atomic mass is 16.6. The van der Waals surface area contributed by atoms with E-state index >= 15 is 0 Å². The van der Waals surface area contributed by atoms with Gasteiger partial charge in [0.1, 0.15) is 12.6 Å². The SMILES string of the molecule is COC(=O)[C@H](CO)NC(=O)CC[C@H](NC(=O)OCc1ccccc1)C(=O)OC. The van der Waals surface area contributed by atoms with Crippen molar-refractivity contribution in [2.24, 2.45) is 0 Å². The molecule has 0 spiro atoms. The Balaban J connectivity index is 2.53. The van der Waals surface area contributed by atoms with Crippen LogP contribution in [0.2, 0.25) is 0 Å². The number of aliphatic hydroxyl groups excluding tert-OH is 1. The molecule has 10 nitrogen and oxygen atoms in total. The Morgan fingerprint density at radius 2 is 1.57 bits per heavy atom. The van der Waals surface area contributed by atoms with Gasteiger partial charge in [-0.1, -0.05) is 30.3 Å². The van der Waals surface area contributed by atoms with Crippen molar-refractivity contribution in [3.63, 3.8) is 0 Å². The number of alkyl carbamates (subject to hydrolysis) is 1. The summed E-state index contributed by atoms with van der Waals surface area (Å²) < 4.78 is 14.1. The number of hydrogen-bond donors (Lipinski definition) is 3. The maximum atomic E-state index is 11.9. The molecular formula is C18H24N2O8. The molecule has 0 saturated heterocycles. The molecule has 0 saturated carbocycles. The van der Waals surface area contributed by atoms with E-state index in [-0.39, 0.29) is 19.4 Å². The minimum atomic E-state index is -1.21. The summed E-state index contributed by atoms with van der Waals surface area (Å²) >= 11 is 0. The number of rotatable bonds is 10. The standard InChI is InChI=1S/C18H24N2O8/c1-26-16(23)13(8-9-15(22)19-14(10-21)17(24)27-2)20-18(25)28-11-12-6-4-3-5-7-12/h3-7,13-14,21H,8-11H2,1-2H3,(H,19,22)(H,20,25)/t13-,14-/m0/s1. The van der Waals surface area contributed by atoms with E-state index in [2.05, 4.69) is 20.1 Å². The summed E-state index contributed by atoms with van der Waals surface area (Å²) in [5.74, 6) is -2.17. The molecule has 2 atom stereocenters. The second-order valence-electron chi connectivity index (χ2n) is 5.65. The summed E-state index contributed by atoms with van der Waals surface area (Å²) in [7, 11) is 2.26. The van der Waals surface area contributed by atoms with Gasteiger partial charge in [0.15, 0.2) is 6.04 Å². The first kappa shape index (κ1) is 22.9. The van der Waals surface area contributed by atoms with E-state index in [1.165, 1.54) is 0 Å². The predicted molar refractivity (Wildman–Crippen MR) is 95.8 cm³/mol. The zero-order valence-corrected chi connectivity index (χ0v) is 15.7. The van der Waals surface area contributed by atoms with Crippen LogP contribution in [0.15, 0.2) is 30.3 Å². The van der Waals surface area contributed by atoms with E-state index in [1.807, 2.05) is 6.07 Å². The topological polar surface area (TPSA) is 140 Å². The molecule has 0 unspecified atom stereocenters. The number of esters is 2. The molecule has 1 aromatic rings. The number of aliphatic hydroxyl groups is 1. The fraction of sp³-hybridized carbons (Fsp3) is 0.444. The van der Waals surface area contributed by atoms with E-state index in [9.17, 15) is 19.2 Å². The molecule has 0 fully saturated rings. The van der Waals surface area contributed by atoms with Crippen LogP contribution in [0.3, 0.4) is 0 Å². The Labute approximate surface area is 162 Å². The van der Waals surface area contributed by atoms with Gasteiger partial charge >= 0.3 is 18.0 Å². The number of benzene rings is 1. The molecule has 0 aliphatic heterocycles. The van der Waals surface area contributed by atoms with Crippen LogP contribution in [0.25, 0.3) is 0 Å². The van der Waals surface area contributed by atoms with Gasteiger partial charge < -0.3 is 30.0 Å². The third kappa shape index (κ3) is 8.04. The van der Waals surface area contributed by atoms with Gasteiger partial charge in [-0.3, -0.25) is 4.79 Å². The first-order valence-electron chi connectivity index (χ1n) is 8.44. The average Bonchev–Trinajstić information content (AvgIpc) is 2.72. The molecule has 0 bridgehead atoms. The first-order valence-corrected chi connectivity index (χ1v) is 8.44. The summed E-state index contributed by atoms with van der Waals surface area (Å²) in [6.45, 7) is -0.624. The fourth-order valence-corrected chi connectivity index (χ4v) is 2.16. The van der Waals surface area contributed by atoms with Gasteiger partial charge in [-0.05, 0) is 12.0 Å². The molecule has 0 aliphatic rings. The largest absolute Gasteiger partial charge is 0.467 e. The van der Waals surface area contributed by atoms with Crippen molar-refractivity contribution in [3.8, 4) is 0 Å². The summed E-state index contributed by atoms with van der Waals surface area (Å²) in [4.78, 5) is 47.0. The first-order chi connectivity index (χ1) is 13.4. The smallest absolute Gasteiger partial charge is 0.408 e. The van der Waals surface area contributed by atoms with Crippen molar-refractivity contribution >= 4 is 23.9 Å². The van der Waals surface area contributed by atoms with Crippen molar-refractivity contribution in [2.75, 3.05) is 20.8 Å². The number of carbonyl (C=O) groups is 4. The molecule has 10 heteroatoms. The molecule has 0 aliphatic carbocycles. The van der Waals surface area contributed by atoms with Crippen LogP contribution >= 0.6 is 0 Å². The average molecular weight is 396 g/mol. The second kappa shape index (κ2) is 12.3. The Bertz CT molecular complexity index is 665. The minimum absolute atomic E-state index is 0.0123. The van der Waals surface area contributed by atoms with E-state index in [4.69, 9.17) is 9.84 Å². The van der Waals surface area contributed by atoms with Crippen LogP contribution in [0, 0.1) is 0 Å². The third-order valence-corrected chi connectivity index (χ3v) is 3.65. The minimum Gasteiger partial charge on any atom is -0.467 e. The number of ether oxygens (including phenoxy) is 3. The summed E-state index contributed by atoms with van der Waals surface area (Å²) in [5.41, 5.74) is 0.768. The summed E-state index contributed by atoms with van der Waals surface area (Å²) in [5, 5.41) is 13.7. The van der Waals surface area contributed by atoms with Crippen molar-refractivity contribution in [1.82, 2.24) is 10.6 Å².